The molecule has 1 aliphatic heterocycles. The van der Waals surface area contributed by atoms with Gasteiger partial charge in [-0.2, -0.15) is 13.2 Å². The van der Waals surface area contributed by atoms with E-state index in [2.05, 4.69) is 10.3 Å². The molecular weight excluding hydrogens is 351 g/mol. The van der Waals surface area contributed by atoms with Crippen molar-refractivity contribution >= 4 is 17.3 Å². The van der Waals surface area contributed by atoms with Crippen molar-refractivity contribution in [2.45, 2.75) is 6.18 Å². The Morgan fingerprint density at radius 3 is 2.50 bits per heavy atom. The topological polar surface area (TPSA) is 74.4 Å². The first-order valence-corrected chi connectivity index (χ1v) is 7.88. The van der Waals surface area contributed by atoms with Crippen LogP contribution in [-0.2, 0) is 10.9 Å². The number of morpholine rings is 1. The third-order valence-corrected chi connectivity index (χ3v) is 3.97. The van der Waals surface area contributed by atoms with E-state index >= 15 is 0 Å². The molecule has 3 rings (SSSR count). The molecule has 0 saturated carbocycles. The Morgan fingerprint density at radius 2 is 1.88 bits per heavy atom. The van der Waals surface area contributed by atoms with Crippen molar-refractivity contribution < 1.29 is 22.7 Å². The van der Waals surface area contributed by atoms with E-state index in [1.165, 1.54) is 24.4 Å². The molecule has 2 heterocycles. The molecule has 0 unspecified atom stereocenters. The van der Waals surface area contributed by atoms with Gasteiger partial charge < -0.3 is 19.9 Å². The molecule has 0 aliphatic carbocycles. The second kappa shape index (κ2) is 7.20. The second-order valence-electron chi connectivity index (χ2n) is 5.72. The zero-order chi connectivity index (χ0) is 18.7. The van der Waals surface area contributed by atoms with Crippen LogP contribution in [0, 0.1) is 0 Å². The number of ether oxygens (including phenoxy) is 1. The highest BCUT2D eigenvalue weighted by Gasteiger charge is 2.32. The molecule has 0 atom stereocenters. The largest absolute Gasteiger partial charge is 0.416 e. The summed E-state index contributed by atoms with van der Waals surface area (Å²) in [6, 6.07) is 5.71. The van der Waals surface area contributed by atoms with Gasteiger partial charge in [-0.1, -0.05) is 0 Å². The highest BCUT2D eigenvalue weighted by molar-refractivity contribution is 6.05. The quantitative estimate of drug-likeness (QED) is 0.874. The molecule has 2 aromatic rings. The molecule has 1 aliphatic rings. The molecule has 1 amide bonds. The van der Waals surface area contributed by atoms with Crippen molar-refractivity contribution in [2.75, 3.05) is 36.5 Å². The minimum absolute atomic E-state index is 0.0536. The second-order valence-corrected chi connectivity index (χ2v) is 5.72. The van der Waals surface area contributed by atoms with E-state index < -0.39 is 17.6 Å². The van der Waals surface area contributed by atoms with Crippen molar-refractivity contribution in [3.8, 4) is 0 Å². The van der Waals surface area contributed by atoms with Gasteiger partial charge in [0.1, 0.15) is 0 Å². The molecule has 26 heavy (non-hydrogen) atoms. The summed E-state index contributed by atoms with van der Waals surface area (Å²) in [4.78, 5) is 27.7. The molecule has 1 aromatic heterocycles. The predicted octanol–water partition coefficient (Wildman–Crippen LogP) is 2.48. The Balaban J connectivity index is 1.94. The zero-order valence-electron chi connectivity index (χ0n) is 13.6. The predicted molar refractivity (Wildman–Crippen MR) is 89.5 cm³/mol. The smallest absolute Gasteiger partial charge is 0.378 e. The number of alkyl halides is 3. The first-order valence-electron chi connectivity index (χ1n) is 7.88. The Bertz CT molecular complexity index is 838. The minimum Gasteiger partial charge on any atom is -0.378 e. The normalized spacial score (nSPS) is 15.0. The molecule has 1 fully saturated rings. The van der Waals surface area contributed by atoms with Gasteiger partial charge in [-0.25, -0.2) is 0 Å². The maximum absolute atomic E-state index is 13.1. The summed E-state index contributed by atoms with van der Waals surface area (Å²) in [6.07, 6.45) is -3.32. The van der Waals surface area contributed by atoms with E-state index in [-0.39, 0.29) is 16.8 Å². The lowest BCUT2D eigenvalue weighted by atomic mass is 10.1. The summed E-state index contributed by atoms with van der Waals surface area (Å²) in [5, 5.41) is 2.51. The van der Waals surface area contributed by atoms with Crippen molar-refractivity contribution in [1.29, 1.82) is 0 Å². The molecule has 6 nitrogen and oxygen atoms in total. The number of benzene rings is 1. The monoisotopic (exact) mass is 367 g/mol. The molecular formula is C17H16F3N3O3. The van der Waals surface area contributed by atoms with Crippen LogP contribution in [0.3, 0.4) is 0 Å². The van der Waals surface area contributed by atoms with Gasteiger partial charge in [-0.05, 0) is 24.3 Å². The first-order chi connectivity index (χ1) is 12.3. The SMILES string of the molecule is O=C(Nc1cc(C(F)(F)F)ccc1N1CCOCC1)c1ccc(=O)[nH]c1. The Hall–Kier alpha value is -2.81. The first kappa shape index (κ1) is 18.0. The Labute approximate surface area is 146 Å². The van der Waals surface area contributed by atoms with E-state index in [1.54, 1.807) is 0 Å². The van der Waals surface area contributed by atoms with Crippen molar-refractivity contribution in [2.24, 2.45) is 0 Å². The average molecular weight is 367 g/mol. The highest BCUT2D eigenvalue weighted by Crippen LogP contribution is 2.36. The number of H-pyrrole nitrogens is 1. The number of hydrogen-bond acceptors (Lipinski definition) is 4. The van der Waals surface area contributed by atoms with Crippen LogP contribution < -0.4 is 15.8 Å². The van der Waals surface area contributed by atoms with Crippen LogP contribution in [0.25, 0.3) is 0 Å². The van der Waals surface area contributed by atoms with Gasteiger partial charge in [0.2, 0.25) is 5.56 Å². The third-order valence-electron chi connectivity index (χ3n) is 3.97. The number of rotatable bonds is 3. The van der Waals surface area contributed by atoms with Gasteiger partial charge in [0.25, 0.3) is 5.91 Å². The maximum Gasteiger partial charge on any atom is 0.416 e. The summed E-state index contributed by atoms with van der Waals surface area (Å²) in [5.41, 5.74) is -0.562. The minimum atomic E-state index is -4.53. The van der Waals surface area contributed by atoms with Crippen LogP contribution in [0.1, 0.15) is 15.9 Å². The van der Waals surface area contributed by atoms with E-state index in [0.29, 0.717) is 32.0 Å². The number of pyridine rings is 1. The van der Waals surface area contributed by atoms with Crippen LogP contribution in [0.2, 0.25) is 0 Å². The van der Waals surface area contributed by atoms with E-state index in [4.69, 9.17) is 4.74 Å². The van der Waals surface area contributed by atoms with Crippen LogP contribution in [0.4, 0.5) is 24.5 Å². The molecule has 0 radical (unpaired) electrons. The number of anilines is 2. The number of aromatic nitrogens is 1. The lowest BCUT2D eigenvalue weighted by Crippen LogP contribution is -2.36. The molecule has 2 N–H and O–H groups in total. The summed E-state index contributed by atoms with van der Waals surface area (Å²) >= 11 is 0. The number of hydrogen-bond donors (Lipinski definition) is 2. The lowest BCUT2D eigenvalue weighted by molar-refractivity contribution is -0.137. The van der Waals surface area contributed by atoms with E-state index in [9.17, 15) is 22.8 Å². The molecule has 1 aromatic carbocycles. The summed E-state index contributed by atoms with van der Waals surface area (Å²) < 4.78 is 44.4. The van der Waals surface area contributed by atoms with E-state index in [0.717, 1.165) is 12.1 Å². The number of aromatic amines is 1. The van der Waals surface area contributed by atoms with Gasteiger partial charge in [-0.3, -0.25) is 9.59 Å². The fourth-order valence-electron chi connectivity index (χ4n) is 2.64. The van der Waals surface area contributed by atoms with Gasteiger partial charge >= 0.3 is 6.18 Å². The maximum atomic E-state index is 13.1. The van der Waals surface area contributed by atoms with Crippen LogP contribution in [0.5, 0.6) is 0 Å². The molecule has 0 bridgehead atoms. The Kier molecular flexibility index (Phi) is 4.99. The van der Waals surface area contributed by atoms with Gasteiger partial charge in [-0.15, -0.1) is 0 Å². The molecule has 138 valence electrons. The van der Waals surface area contributed by atoms with Gasteiger partial charge in [0, 0.05) is 25.4 Å². The summed E-state index contributed by atoms with van der Waals surface area (Å²) in [7, 11) is 0. The standard InChI is InChI=1S/C17H16F3N3O3/c18-17(19,20)12-2-3-14(23-5-7-26-8-6-23)13(9-12)22-16(25)11-1-4-15(24)21-10-11/h1-4,9-10H,5-8H2,(H,21,24)(H,22,25). The number of nitrogens with zero attached hydrogens (tertiary/aromatic N) is 1. The highest BCUT2D eigenvalue weighted by atomic mass is 19.4. The molecule has 1 saturated heterocycles. The molecule has 9 heteroatoms. The number of amides is 1. The fraction of sp³-hybridized carbons (Fsp3) is 0.294. The van der Waals surface area contributed by atoms with E-state index in [1.807, 2.05) is 4.90 Å². The van der Waals surface area contributed by atoms with Crippen LogP contribution in [-0.4, -0.2) is 37.2 Å². The summed E-state index contributed by atoms with van der Waals surface area (Å²) in [5.74, 6) is -0.616. The van der Waals surface area contributed by atoms with Gasteiger partial charge in [0.05, 0.1) is 35.7 Å². The van der Waals surface area contributed by atoms with Gasteiger partial charge in [0.15, 0.2) is 0 Å². The van der Waals surface area contributed by atoms with Crippen LogP contribution >= 0.6 is 0 Å². The zero-order valence-corrected chi connectivity index (χ0v) is 13.6. The number of nitrogens with one attached hydrogen (secondary N) is 2. The lowest BCUT2D eigenvalue weighted by Gasteiger charge is -2.31. The third kappa shape index (κ3) is 4.05. The average Bonchev–Trinajstić information content (AvgIpc) is 2.62. The van der Waals surface area contributed by atoms with Crippen molar-refractivity contribution in [3.05, 3.63) is 58.0 Å². The number of carbonyl (C=O) groups is 1. The number of carbonyl (C=O) groups excluding carboxylic acids is 1. The van der Waals surface area contributed by atoms with Crippen molar-refractivity contribution in [1.82, 2.24) is 4.98 Å². The fourth-order valence-corrected chi connectivity index (χ4v) is 2.64. The van der Waals surface area contributed by atoms with Crippen molar-refractivity contribution in [3.63, 3.8) is 0 Å². The number of halogens is 3. The molecule has 0 spiro atoms. The summed E-state index contributed by atoms with van der Waals surface area (Å²) in [6.45, 7) is 1.92. The Morgan fingerprint density at radius 1 is 1.15 bits per heavy atom. The van der Waals surface area contributed by atoms with Crippen LogP contribution in [0.15, 0.2) is 41.3 Å².